The third kappa shape index (κ3) is 1.60. The van der Waals surface area contributed by atoms with Crippen LogP contribution in [0.15, 0.2) is 5.38 Å². The predicted molar refractivity (Wildman–Crippen MR) is 45.0 cm³/mol. The molecule has 0 saturated heterocycles. The maximum absolute atomic E-state index is 12.8. The van der Waals surface area contributed by atoms with Crippen LogP contribution < -0.4 is 0 Å². The number of rotatable bonds is 2. The molecule has 0 aromatic carbocycles. The maximum atomic E-state index is 12.8. The lowest BCUT2D eigenvalue weighted by Crippen LogP contribution is -2.17. The van der Waals surface area contributed by atoms with E-state index in [2.05, 4.69) is 0 Å². The highest BCUT2D eigenvalue weighted by Crippen LogP contribution is 2.39. The molecule has 0 aliphatic rings. The van der Waals surface area contributed by atoms with Gasteiger partial charge in [-0.2, -0.15) is 8.78 Å². The molecule has 0 unspecified atom stereocenters. The van der Waals surface area contributed by atoms with E-state index in [4.69, 9.17) is 16.7 Å². The van der Waals surface area contributed by atoms with Gasteiger partial charge < -0.3 is 5.11 Å². The second-order valence-electron chi connectivity index (χ2n) is 2.42. The molecule has 1 rings (SSSR count). The Morgan fingerprint density at radius 1 is 1.67 bits per heavy atom. The van der Waals surface area contributed by atoms with Crippen molar-refractivity contribution in [2.24, 2.45) is 0 Å². The Labute approximate surface area is 77.6 Å². The van der Waals surface area contributed by atoms with Crippen LogP contribution in [0.4, 0.5) is 8.78 Å². The molecule has 0 radical (unpaired) electrons. The standard InChI is InChI=1S/C7H7ClF2OS/c1-4-2-12-6(5(4)8)7(9,10)3-11/h2,11H,3H2,1H3. The Balaban J connectivity index is 3.11. The molecule has 0 aliphatic heterocycles. The normalized spacial score (nSPS) is 12.1. The van der Waals surface area contributed by atoms with E-state index in [1.807, 2.05) is 0 Å². The Bertz CT molecular complexity index is 285. The van der Waals surface area contributed by atoms with E-state index in [0.717, 1.165) is 11.3 Å². The smallest absolute Gasteiger partial charge is 0.306 e. The number of halogens is 3. The molecule has 0 fully saturated rings. The van der Waals surface area contributed by atoms with Crippen LogP contribution in [0, 0.1) is 6.92 Å². The Morgan fingerprint density at radius 2 is 2.25 bits per heavy atom. The number of thiophene rings is 1. The van der Waals surface area contributed by atoms with Gasteiger partial charge in [0.25, 0.3) is 0 Å². The summed E-state index contributed by atoms with van der Waals surface area (Å²) in [6.45, 7) is 0.447. The van der Waals surface area contributed by atoms with Gasteiger partial charge in [0.1, 0.15) is 6.61 Å². The fourth-order valence-electron chi connectivity index (χ4n) is 0.748. The van der Waals surface area contributed by atoms with E-state index < -0.39 is 12.5 Å². The van der Waals surface area contributed by atoms with Crippen LogP contribution in [0.5, 0.6) is 0 Å². The summed E-state index contributed by atoms with van der Waals surface area (Å²) in [7, 11) is 0. The molecule has 1 heterocycles. The third-order valence-corrected chi connectivity index (χ3v) is 3.24. The number of hydrogen-bond donors (Lipinski definition) is 1. The van der Waals surface area contributed by atoms with E-state index in [-0.39, 0.29) is 9.90 Å². The van der Waals surface area contributed by atoms with Crippen molar-refractivity contribution < 1.29 is 13.9 Å². The van der Waals surface area contributed by atoms with Gasteiger partial charge in [-0.3, -0.25) is 0 Å². The fraction of sp³-hybridized carbons (Fsp3) is 0.429. The van der Waals surface area contributed by atoms with E-state index in [0.29, 0.717) is 5.56 Å². The van der Waals surface area contributed by atoms with Crippen molar-refractivity contribution in [1.82, 2.24) is 0 Å². The van der Waals surface area contributed by atoms with Crippen LogP contribution in [0.2, 0.25) is 5.02 Å². The van der Waals surface area contributed by atoms with Gasteiger partial charge in [-0.25, -0.2) is 0 Å². The summed E-state index contributed by atoms with van der Waals surface area (Å²) >= 11 is 6.46. The molecule has 0 saturated carbocycles. The van der Waals surface area contributed by atoms with Crippen LogP contribution >= 0.6 is 22.9 Å². The lowest BCUT2D eigenvalue weighted by Gasteiger charge is -2.10. The molecule has 1 N–H and O–H groups in total. The average Bonchev–Trinajstić information content (AvgIpc) is 2.33. The lowest BCUT2D eigenvalue weighted by atomic mass is 10.2. The minimum atomic E-state index is -3.21. The van der Waals surface area contributed by atoms with Gasteiger partial charge in [0.2, 0.25) is 0 Å². The van der Waals surface area contributed by atoms with Crippen LogP contribution in [0.25, 0.3) is 0 Å². The number of aryl methyl sites for hydroxylation is 1. The Hall–Kier alpha value is -0.190. The zero-order valence-corrected chi connectivity index (χ0v) is 7.85. The van der Waals surface area contributed by atoms with E-state index >= 15 is 0 Å². The number of alkyl halides is 2. The number of aliphatic hydroxyl groups excluding tert-OH is 1. The Kier molecular flexibility index (Phi) is 2.70. The highest BCUT2D eigenvalue weighted by atomic mass is 35.5. The molecule has 0 bridgehead atoms. The number of aliphatic hydroxyl groups is 1. The van der Waals surface area contributed by atoms with E-state index in [1.165, 1.54) is 0 Å². The molecule has 5 heteroatoms. The van der Waals surface area contributed by atoms with Crippen molar-refractivity contribution in [3.05, 3.63) is 20.8 Å². The van der Waals surface area contributed by atoms with Crippen molar-refractivity contribution in [1.29, 1.82) is 0 Å². The SMILES string of the molecule is Cc1csc(C(F)(F)CO)c1Cl. The minimum Gasteiger partial charge on any atom is -0.390 e. The summed E-state index contributed by atoms with van der Waals surface area (Å²) in [5.41, 5.74) is 0.616. The molecule has 12 heavy (non-hydrogen) atoms. The zero-order chi connectivity index (χ0) is 9.35. The molecule has 1 nitrogen and oxygen atoms in total. The largest absolute Gasteiger partial charge is 0.390 e. The predicted octanol–water partition coefficient (Wildman–Crippen LogP) is 2.79. The summed E-state index contributed by atoms with van der Waals surface area (Å²) in [5.74, 6) is -3.21. The topological polar surface area (TPSA) is 20.2 Å². The maximum Gasteiger partial charge on any atom is 0.306 e. The molecule has 0 spiro atoms. The van der Waals surface area contributed by atoms with Crippen molar-refractivity contribution in [2.75, 3.05) is 6.61 Å². The van der Waals surface area contributed by atoms with Crippen LogP contribution in [0.3, 0.4) is 0 Å². The zero-order valence-electron chi connectivity index (χ0n) is 6.27. The summed E-state index contributed by atoms with van der Waals surface area (Å²) in [6.07, 6.45) is 0. The van der Waals surface area contributed by atoms with Crippen LogP contribution in [-0.2, 0) is 5.92 Å². The van der Waals surface area contributed by atoms with Crippen molar-refractivity contribution in [2.45, 2.75) is 12.8 Å². The van der Waals surface area contributed by atoms with Gasteiger partial charge in [-0.05, 0) is 17.9 Å². The van der Waals surface area contributed by atoms with Gasteiger partial charge in [0, 0.05) is 0 Å². The van der Waals surface area contributed by atoms with Gasteiger partial charge in [0.05, 0.1) is 9.90 Å². The quantitative estimate of drug-likeness (QED) is 0.799. The first kappa shape index (κ1) is 9.89. The molecule has 0 atom stereocenters. The second kappa shape index (κ2) is 3.28. The second-order valence-corrected chi connectivity index (χ2v) is 3.68. The highest BCUT2D eigenvalue weighted by Gasteiger charge is 2.34. The van der Waals surface area contributed by atoms with Crippen molar-refractivity contribution in [3.63, 3.8) is 0 Å². The molecular formula is C7H7ClF2OS. The first-order valence-electron chi connectivity index (χ1n) is 3.22. The number of hydrogen-bond acceptors (Lipinski definition) is 2. The minimum absolute atomic E-state index is 0.0547. The van der Waals surface area contributed by atoms with Gasteiger partial charge in [-0.1, -0.05) is 11.6 Å². The fourth-order valence-corrected chi connectivity index (χ4v) is 2.05. The van der Waals surface area contributed by atoms with Crippen molar-refractivity contribution in [3.8, 4) is 0 Å². The average molecular weight is 213 g/mol. The van der Waals surface area contributed by atoms with Gasteiger partial charge in [-0.15, -0.1) is 11.3 Å². The summed E-state index contributed by atoms with van der Waals surface area (Å²) < 4.78 is 25.7. The summed E-state index contributed by atoms with van der Waals surface area (Å²) in [5, 5.41) is 9.98. The molecule has 0 aliphatic carbocycles. The van der Waals surface area contributed by atoms with Crippen molar-refractivity contribution >= 4 is 22.9 Å². The summed E-state index contributed by atoms with van der Waals surface area (Å²) in [4.78, 5) is -0.260. The molecular weight excluding hydrogens is 206 g/mol. The van der Waals surface area contributed by atoms with Gasteiger partial charge >= 0.3 is 5.92 Å². The highest BCUT2D eigenvalue weighted by molar-refractivity contribution is 7.10. The van der Waals surface area contributed by atoms with Gasteiger partial charge in [0.15, 0.2) is 0 Å². The van der Waals surface area contributed by atoms with E-state index in [9.17, 15) is 8.78 Å². The third-order valence-electron chi connectivity index (χ3n) is 1.43. The Morgan fingerprint density at radius 3 is 2.58 bits per heavy atom. The summed E-state index contributed by atoms with van der Waals surface area (Å²) in [6, 6.07) is 0. The molecule has 1 aromatic rings. The first-order valence-corrected chi connectivity index (χ1v) is 4.47. The molecule has 1 aromatic heterocycles. The molecule has 0 amide bonds. The first-order chi connectivity index (χ1) is 5.49. The van der Waals surface area contributed by atoms with E-state index in [1.54, 1.807) is 12.3 Å². The molecule has 68 valence electrons. The lowest BCUT2D eigenvalue weighted by molar-refractivity contribution is -0.0523. The monoisotopic (exact) mass is 212 g/mol. The van der Waals surface area contributed by atoms with Crippen LogP contribution in [-0.4, -0.2) is 11.7 Å². The van der Waals surface area contributed by atoms with Crippen LogP contribution in [0.1, 0.15) is 10.4 Å².